The van der Waals surface area contributed by atoms with Crippen molar-refractivity contribution >= 4 is 35.2 Å². The van der Waals surface area contributed by atoms with E-state index >= 15 is 0 Å². The van der Waals surface area contributed by atoms with Crippen molar-refractivity contribution in [2.45, 2.75) is 202 Å². The fourth-order valence-corrected chi connectivity index (χ4v) is 18.3. The van der Waals surface area contributed by atoms with Crippen LogP contribution in [0.1, 0.15) is 168 Å². The van der Waals surface area contributed by atoms with Gasteiger partial charge in [-0.15, -0.1) is 0 Å². The molecule has 0 aliphatic heterocycles. The maximum atomic E-state index is 4.85. The molecule has 0 aromatic rings. The predicted molar refractivity (Wildman–Crippen MR) is 183 cm³/mol. The van der Waals surface area contributed by atoms with Gasteiger partial charge in [-0.05, 0) is 130 Å². The van der Waals surface area contributed by atoms with Gasteiger partial charge < -0.3 is 0 Å². The Morgan fingerprint density at radius 3 is 0.700 bits per heavy atom. The molecule has 3 radical (unpaired) electrons. The average Bonchev–Trinajstić information content (AvgIpc) is 3.82. The molecule has 0 spiro atoms. The van der Waals surface area contributed by atoms with E-state index in [9.17, 15) is 0 Å². The molecule has 0 saturated heterocycles. The molecule has 6 aliphatic rings. The SMILES string of the molecule is C1CCC(P(C2CCCC2)C2CCCC2)C1.C1CCC(P(C2CCCC2)C2CCCC2)C1.[CH2][CH][C](C)C.[Cl][Ru][Cl]. The zero-order valence-corrected chi connectivity index (χ0v) is 31.3. The van der Waals surface area contributed by atoms with E-state index in [-0.39, 0.29) is 15.1 Å². The molecule has 6 fully saturated rings. The van der Waals surface area contributed by atoms with Crippen LogP contribution in [-0.2, 0) is 15.1 Å². The van der Waals surface area contributed by atoms with Crippen LogP contribution in [0.5, 0.6) is 0 Å². The molecular weight excluding hydrogens is 654 g/mol. The second-order valence-electron chi connectivity index (χ2n) is 13.9. The van der Waals surface area contributed by atoms with Crippen molar-refractivity contribution in [2.24, 2.45) is 0 Å². The van der Waals surface area contributed by atoms with Crippen molar-refractivity contribution < 1.29 is 15.1 Å². The molecule has 0 N–H and O–H groups in total. The van der Waals surface area contributed by atoms with E-state index in [0.717, 1.165) is 0 Å². The number of hydrogen-bond acceptors (Lipinski definition) is 0. The summed E-state index contributed by atoms with van der Waals surface area (Å²) >= 11 is -0.346. The Labute approximate surface area is 270 Å². The molecule has 0 atom stereocenters. The minimum absolute atomic E-state index is 0.346. The second kappa shape index (κ2) is 21.7. The molecular formula is C35H63Cl2P2Ru. The molecule has 0 bridgehead atoms. The van der Waals surface area contributed by atoms with Crippen LogP contribution in [0.25, 0.3) is 0 Å². The molecule has 6 rings (SSSR count). The molecule has 0 nitrogen and oxygen atoms in total. The molecule has 6 saturated carbocycles. The van der Waals surface area contributed by atoms with Crippen LogP contribution in [0.4, 0.5) is 0 Å². The molecule has 40 heavy (non-hydrogen) atoms. The summed E-state index contributed by atoms with van der Waals surface area (Å²) in [6.45, 7) is 7.56. The summed E-state index contributed by atoms with van der Waals surface area (Å²) in [7, 11) is 10.6. The van der Waals surface area contributed by atoms with Crippen LogP contribution in [0.3, 0.4) is 0 Å². The van der Waals surface area contributed by atoms with Gasteiger partial charge in [0.25, 0.3) is 0 Å². The molecule has 0 unspecified atom stereocenters. The van der Waals surface area contributed by atoms with Gasteiger partial charge >= 0.3 is 34.5 Å². The summed E-state index contributed by atoms with van der Waals surface area (Å²) in [6, 6.07) is 0. The first-order valence-corrected chi connectivity index (χ1v) is 25.0. The molecule has 0 aromatic heterocycles. The van der Waals surface area contributed by atoms with E-state index in [1.165, 1.54) is 39.9 Å². The second-order valence-corrected chi connectivity index (χ2v) is 22.7. The molecule has 0 amide bonds. The number of halogens is 2. The van der Waals surface area contributed by atoms with Crippen LogP contribution in [-0.4, -0.2) is 34.0 Å². The normalized spacial score (nSPS) is 25.6. The Kier molecular flexibility index (Phi) is 19.9. The molecule has 6 aliphatic carbocycles. The summed E-state index contributed by atoms with van der Waals surface area (Å²) in [5, 5.41) is 0. The van der Waals surface area contributed by atoms with Gasteiger partial charge in [0.05, 0.1) is 0 Å². The average molecular weight is 718 g/mol. The van der Waals surface area contributed by atoms with Gasteiger partial charge in [0, 0.05) is 0 Å². The van der Waals surface area contributed by atoms with Gasteiger partial charge in [-0.1, -0.05) is 107 Å². The van der Waals surface area contributed by atoms with Gasteiger partial charge in [0.2, 0.25) is 0 Å². The van der Waals surface area contributed by atoms with Crippen molar-refractivity contribution in [3.63, 3.8) is 0 Å². The number of hydrogen-bond donors (Lipinski definition) is 0. The van der Waals surface area contributed by atoms with E-state index in [0.29, 0.717) is 15.8 Å². The van der Waals surface area contributed by atoms with Crippen LogP contribution in [0, 0.1) is 19.3 Å². The van der Waals surface area contributed by atoms with E-state index in [2.05, 4.69) is 6.92 Å². The van der Waals surface area contributed by atoms with Crippen molar-refractivity contribution in [1.82, 2.24) is 0 Å². The number of rotatable bonds is 7. The van der Waals surface area contributed by atoms with E-state index in [4.69, 9.17) is 19.4 Å². The molecule has 0 aromatic carbocycles. The summed E-state index contributed by atoms with van der Waals surface area (Å²) in [6.07, 6.45) is 39.9. The Hall–Kier alpha value is 2.06. The predicted octanol–water partition coefficient (Wildman–Crippen LogP) is 13.6. The van der Waals surface area contributed by atoms with E-state index in [1.54, 1.807) is 154 Å². The van der Waals surface area contributed by atoms with Gasteiger partial charge in [-0.2, -0.15) is 0 Å². The van der Waals surface area contributed by atoms with Crippen LogP contribution >= 0.6 is 35.2 Å². The summed E-state index contributed by atoms with van der Waals surface area (Å²) in [5.41, 5.74) is 7.26. The fraction of sp³-hybridized carbons (Fsp3) is 0.914. The first kappa shape index (κ1) is 36.5. The van der Waals surface area contributed by atoms with E-state index < -0.39 is 0 Å². The summed E-state index contributed by atoms with van der Waals surface area (Å²) in [4.78, 5) is 0. The third kappa shape index (κ3) is 12.5. The van der Waals surface area contributed by atoms with Crippen molar-refractivity contribution in [2.75, 3.05) is 0 Å². The Morgan fingerprint density at radius 2 is 0.600 bits per heavy atom. The van der Waals surface area contributed by atoms with Crippen molar-refractivity contribution in [1.29, 1.82) is 0 Å². The standard InChI is InChI=1S/2C15H27P.C5H9.2ClH.Ru/c2*1-2-8-13(7-1)16(14-9-3-4-10-14)15-11-5-6-12-15;1-4-5(2)3;;;/h2*13-15H,1-12H2;4H,1H2,2-3H3;2*1H;/q;;;;;+2/p-2. The zero-order valence-electron chi connectivity index (χ0n) is 26.2. The Balaban J connectivity index is 0.000000175. The quantitative estimate of drug-likeness (QED) is 0.182. The molecule has 0 heterocycles. The van der Waals surface area contributed by atoms with Gasteiger partial charge in [0.1, 0.15) is 0 Å². The maximum absolute atomic E-state index is 4.85. The third-order valence-electron chi connectivity index (χ3n) is 10.9. The fourth-order valence-electron chi connectivity index (χ4n) is 9.00. The van der Waals surface area contributed by atoms with Crippen LogP contribution < -0.4 is 0 Å². The topological polar surface area (TPSA) is 0 Å². The van der Waals surface area contributed by atoms with Crippen molar-refractivity contribution in [3.8, 4) is 0 Å². The van der Waals surface area contributed by atoms with Gasteiger partial charge in [0.15, 0.2) is 0 Å². The van der Waals surface area contributed by atoms with Crippen molar-refractivity contribution in [3.05, 3.63) is 19.3 Å². The van der Waals surface area contributed by atoms with Gasteiger partial charge in [-0.25, -0.2) is 0 Å². The van der Waals surface area contributed by atoms with E-state index in [1.807, 2.05) is 20.3 Å². The van der Waals surface area contributed by atoms with Gasteiger partial charge in [-0.3, -0.25) is 0 Å². The Bertz CT molecular complexity index is 474. The molecule has 235 valence electrons. The van der Waals surface area contributed by atoms with Crippen LogP contribution in [0.15, 0.2) is 0 Å². The first-order chi connectivity index (χ1) is 19.6. The first-order valence-electron chi connectivity index (χ1n) is 17.4. The summed E-state index contributed by atoms with van der Waals surface area (Å²) < 4.78 is 0. The minimum atomic E-state index is -0.346. The molecule has 5 heteroatoms. The third-order valence-corrected chi connectivity index (χ3v) is 19.0. The zero-order chi connectivity index (χ0) is 28.6. The van der Waals surface area contributed by atoms with Crippen LogP contribution in [0.2, 0.25) is 0 Å². The summed E-state index contributed by atoms with van der Waals surface area (Å²) in [5.74, 6) is 1.27. The monoisotopic (exact) mass is 717 g/mol. The Morgan fingerprint density at radius 1 is 0.475 bits per heavy atom.